The van der Waals surface area contributed by atoms with Crippen LogP contribution < -0.4 is 0 Å². The number of aryl methyl sites for hydroxylation is 1. The van der Waals surface area contributed by atoms with Crippen LogP contribution in [-0.2, 0) is 0 Å². The van der Waals surface area contributed by atoms with Crippen molar-refractivity contribution in [1.29, 1.82) is 0 Å². The predicted molar refractivity (Wildman–Crippen MR) is 75.3 cm³/mol. The second-order valence-electron chi connectivity index (χ2n) is 4.80. The summed E-state index contributed by atoms with van der Waals surface area (Å²) in [7, 11) is 0. The molecule has 18 heavy (non-hydrogen) atoms. The van der Waals surface area contributed by atoms with E-state index in [0.29, 0.717) is 5.56 Å². The summed E-state index contributed by atoms with van der Waals surface area (Å²) in [5.74, 6) is 0.211. The molecule has 1 unspecified atom stereocenters. The molecule has 1 heterocycles. The standard InChI is InChI=1S/C14H18BrNO2/c1-10-5-6-11(8-13(10)17)14(18)16-7-3-2-4-12(16)9-15/h5-6,8,12,17H,2-4,7,9H2,1H3. The van der Waals surface area contributed by atoms with Gasteiger partial charge in [0.2, 0.25) is 0 Å². The van der Waals surface area contributed by atoms with Crippen LogP contribution >= 0.6 is 15.9 Å². The number of carbonyl (C=O) groups excluding carboxylic acids is 1. The van der Waals surface area contributed by atoms with E-state index in [-0.39, 0.29) is 17.7 Å². The Morgan fingerprint density at radius 1 is 1.50 bits per heavy atom. The Bertz CT molecular complexity index is 447. The van der Waals surface area contributed by atoms with E-state index in [0.717, 1.165) is 30.3 Å². The van der Waals surface area contributed by atoms with Crippen molar-refractivity contribution in [2.24, 2.45) is 0 Å². The minimum absolute atomic E-state index is 0.0226. The lowest BCUT2D eigenvalue weighted by atomic mass is 10.0. The monoisotopic (exact) mass is 311 g/mol. The molecule has 98 valence electrons. The van der Waals surface area contributed by atoms with E-state index in [4.69, 9.17) is 0 Å². The van der Waals surface area contributed by atoms with Crippen LogP contribution in [0.4, 0.5) is 0 Å². The van der Waals surface area contributed by atoms with E-state index in [9.17, 15) is 9.90 Å². The molecule has 0 radical (unpaired) electrons. The van der Waals surface area contributed by atoms with E-state index in [1.807, 2.05) is 11.8 Å². The summed E-state index contributed by atoms with van der Waals surface area (Å²) in [6.07, 6.45) is 3.29. The van der Waals surface area contributed by atoms with Gasteiger partial charge in [-0.15, -0.1) is 0 Å². The fourth-order valence-electron chi connectivity index (χ4n) is 2.34. The van der Waals surface area contributed by atoms with Crippen LogP contribution in [0.15, 0.2) is 18.2 Å². The number of alkyl halides is 1. The SMILES string of the molecule is Cc1ccc(C(=O)N2CCCCC2CBr)cc1O. The van der Waals surface area contributed by atoms with Gasteiger partial charge in [0.05, 0.1) is 0 Å². The summed E-state index contributed by atoms with van der Waals surface area (Å²) in [6.45, 7) is 2.63. The van der Waals surface area contributed by atoms with Gasteiger partial charge in [-0.2, -0.15) is 0 Å². The van der Waals surface area contributed by atoms with Gasteiger partial charge in [0.25, 0.3) is 5.91 Å². The molecule has 2 rings (SSSR count). The van der Waals surface area contributed by atoms with E-state index in [1.54, 1.807) is 18.2 Å². The van der Waals surface area contributed by atoms with Gasteiger partial charge >= 0.3 is 0 Å². The Kier molecular flexibility index (Phi) is 4.27. The largest absolute Gasteiger partial charge is 0.508 e. The zero-order chi connectivity index (χ0) is 13.1. The number of hydrogen-bond acceptors (Lipinski definition) is 2. The zero-order valence-electron chi connectivity index (χ0n) is 10.5. The number of phenolic OH excluding ortho intramolecular Hbond substituents is 1. The number of piperidine rings is 1. The second kappa shape index (κ2) is 5.74. The molecule has 4 heteroatoms. The lowest BCUT2D eigenvalue weighted by Crippen LogP contribution is -2.44. The number of benzene rings is 1. The molecule has 1 N–H and O–H groups in total. The highest BCUT2D eigenvalue weighted by atomic mass is 79.9. The van der Waals surface area contributed by atoms with Crippen molar-refractivity contribution in [2.75, 3.05) is 11.9 Å². The highest BCUT2D eigenvalue weighted by Gasteiger charge is 2.26. The van der Waals surface area contributed by atoms with E-state index in [1.165, 1.54) is 6.42 Å². The molecule has 0 saturated carbocycles. The molecule has 0 spiro atoms. The first kappa shape index (κ1) is 13.4. The molecular formula is C14H18BrNO2. The Hall–Kier alpha value is -1.03. The summed E-state index contributed by atoms with van der Waals surface area (Å²) in [4.78, 5) is 14.3. The van der Waals surface area contributed by atoms with E-state index in [2.05, 4.69) is 15.9 Å². The fraction of sp³-hybridized carbons (Fsp3) is 0.500. The minimum Gasteiger partial charge on any atom is -0.508 e. The van der Waals surface area contributed by atoms with Crippen molar-refractivity contribution in [3.63, 3.8) is 0 Å². The van der Waals surface area contributed by atoms with Crippen molar-refractivity contribution in [3.8, 4) is 5.75 Å². The number of halogens is 1. The predicted octanol–water partition coefficient (Wildman–Crippen LogP) is 3.09. The minimum atomic E-state index is 0.0226. The first-order valence-electron chi connectivity index (χ1n) is 6.30. The second-order valence-corrected chi connectivity index (χ2v) is 5.45. The molecule has 1 fully saturated rings. The van der Waals surface area contributed by atoms with Gasteiger partial charge in [0.1, 0.15) is 5.75 Å². The van der Waals surface area contributed by atoms with Gasteiger partial charge in [-0.25, -0.2) is 0 Å². The van der Waals surface area contributed by atoms with Crippen LogP contribution in [0.2, 0.25) is 0 Å². The number of carbonyl (C=O) groups is 1. The maximum atomic E-state index is 12.4. The third-order valence-electron chi connectivity index (χ3n) is 3.52. The van der Waals surface area contributed by atoms with Gasteiger partial charge in [-0.3, -0.25) is 4.79 Å². The summed E-state index contributed by atoms with van der Waals surface area (Å²) in [5, 5.41) is 10.5. The average Bonchev–Trinajstić information content (AvgIpc) is 2.41. The fourth-order valence-corrected chi connectivity index (χ4v) is 3.01. The number of hydrogen-bond donors (Lipinski definition) is 1. The van der Waals surface area contributed by atoms with Crippen LogP contribution in [0, 0.1) is 6.92 Å². The van der Waals surface area contributed by atoms with Gasteiger partial charge in [0, 0.05) is 23.5 Å². The van der Waals surface area contributed by atoms with Crippen molar-refractivity contribution in [1.82, 2.24) is 4.90 Å². The lowest BCUT2D eigenvalue weighted by molar-refractivity contribution is 0.0641. The molecule has 1 aromatic carbocycles. The van der Waals surface area contributed by atoms with Crippen LogP contribution in [0.1, 0.15) is 35.2 Å². The molecular weight excluding hydrogens is 294 g/mol. The van der Waals surface area contributed by atoms with Gasteiger partial charge in [0.15, 0.2) is 0 Å². The summed E-state index contributed by atoms with van der Waals surface area (Å²) in [6, 6.07) is 5.42. The third kappa shape index (κ3) is 2.69. The maximum absolute atomic E-state index is 12.4. The van der Waals surface area contributed by atoms with Crippen LogP contribution in [0.5, 0.6) is 5.75 Å². The van der Waals surface area contributed by atoms with E-state index < -0.39 is 0 Å². The first-order chi connectivity index (χ1) is 8.63. The quantitative estimate of drug-likeness (QED) is 0.853. The third-order valence-corrected chi connectivity index (χ3v) is 4.27. The highest BCUT2D eigenvalue weighted by Crippen LogP contribution is 2.23. The maximum Gasteiger partial charge on any atom is 0.254 e. The number of aromatic hydroxyl groups is 1. The molecule has 3 nitrogen and oxygen atoms in total. The molecule has 0 aromatic heterocycles. The molecule has 1 saturated heterocycles. The summed E-state index contributed by atoms with van der Waals surface area (Å²) >= 11 is 3.48. The molecule has 1 aliphatic heterocycles. The molecule has 1 aliphatic rings. The Morgan fingerprint density at radius 3 is 2.94 bits per heavy atom. The molecule has 1 aromatic rings. The first-order valence-corrected chi connectivity index (χ1v) is 7.42. The molecule has 1 amide bonds. The van der Waals surface area contributed by atoms with Crippen LogP contribution in [-0.4, -0.2) is 33.8 Å². The average molecular weight is 312 g/mol. The lowest BCUT2D eigenvalue weighted by Gasteiger charge is -2.34. The van der Waals surface area contributed by atoms with Gasteiger partial charge in [-0.05, 0) is 43.9 Å². The Balaban J connectivity index is 2.21. The highest BCUT2D eigenvalue weighted by molar-refractivity contribution is 9.09. The Morgan fingerprint density at radius 2 is 2.28 bits per heavy atom. The van der Waals surface area contributed by atoms with E-state index >= 15 is 0 Å². The van der Waals surface area contributed by atoms with Crippen molar-refractivity contribution in [3.05, 3.63) is 29.3 Å². The summed E-state index contributed by atoms with van der Waals surface area (Å²) < 4.78 is 0. The van der Waals surface area contributed by atoms with Crippen molar-refractivity contribution < 1.29 is 9.90 Å². The normalized spacial score (nSPS) is 19.9. The smallest absolute Gasteiger partial charge is 0.254 e. The van der Waals surface area contributed by atoms with Crippen LogP contribution in [0.25, 0.3) is 0 Å². The van der Waals surface area contributed by atoms with Gasteiger partial charge in [-0.1, -0.05) is 22.0 Å². The van der Waals surface area contributed by atoms with Crippen molar-refractivity contribution >= 4 is 21.8 Å². The molecule has 0 bridgehead atoms. The Labute approximate surface area is 116 Å². The van der Waals surface area contributed by atoms with Crippen LogP contribution in [0.3, 0.4) is 0 Å². The summed E-state index contributed by atoms with van der Waals surface area (Å²) in [5.41, 5.74) is 1.37. The molecule has 0 aliphatic carbocycles. The number of phenols is 1. The number of nitrogens with zero attached hydrogens (tertiary/aromatic N) is 1. The number of rotatable bonds is 2. The topological polar surface area (TPSA) is 40.5 Å². The number of amides is 1. The van der Waals surface area contributed by atoms with Crippen molar-refractivity contribution in [2.45, 2.75) is 32.2 Å². The molecule has 1 atom stereocenters. The zero-order valence-corrected chi connectivity index (χ0v) is 12.1. The number of likely N-dealkylation sites (tertiary alicyclic amines) is 1. The van der Waals surface area contributed by atoms with Gasteiger partial charge < -0.3 is 10.0 Å².